The second kappa shape index (κ2) is 4.75. The van der Waals surface area contributed by atoms with Crippen LogP contribution in [0.3, 0.4) is 0 Å². The van der Waals surface area contributed by atoms with E-state index in [0.717, 1.165) is 6.54 Å². The molecule has 4 nitrogen and oxygen atoms in total. The summed E-state index contributed by atoms with van der Waals surface area (Å²) >= 11 is 0. The Hall–Kier alpha value is -0.0951. The van der Waals surface area contributed by atoms with Crippen LogP contribution >= 0.6 is 0 Å². The topological polar surface area (TPSA) is 78.5 Å². The van der Waals surface area contributed by atoms with E-state index in [1.165, 1.54) is 0 Å². The summed E-state index contributed by atoms with van der Waals surface area (Å²) in [5.41, 5.74) is 5.24. The Morgan fingerprint density at radius 1 is 1.67 bits per heavy atom. The summed E-state index contributed by atoms with van der Waals surface area (Å²) in [7, 11) is 0.439. The van der Waals surface area contributed by atoms with E-state index in [-0.39, 0.29) is 0 Å². The second-order valence-corrected chi connectivity index (χ2v) is 1.89. The smallest absolute Gasteiger partial charge is 0.225 e. The van der Waals surface area contributed by atoms with E-state index >= 15 is 0 Å². The third kappa shape index (κ3) is 4.41. The van der Waals surface area contributed by atoms with E-state index in [9.17, 15) is 0 Å². The lowest BCUT2D eigenvalue weighted by molar-refractivity contribution is -0.0416. The zero-order chi connectivity index (χ0) is 7.28. The van der Waals surface area contributed by atoms with Crippen LogP contribution in [0.2, 0.25) is 0 Å². The molecule has 0 heterocycles. The van der Waals surface area contributed by atoms with Gasteiger partial charge in [0, 0.05) is 5.94 Å². The molecule has 0 bridgehead atoms. The first kappa shape index (κ1) is 8.90. The molecule has 54 valence electrons. The summed E-state index contributed by atoms with van der Waals surface area (Å²) in [6, 6.07) is 0. The summed E-state index contributed by atoms with van der Waals surface area (Å²) < 4.78 is 0. The van der Waals surface area contributed by atoms with Gasteiger partial charge in [0.2, 0.25) is 7.41 Å². The molecule has 0 saturated carbocycles. The van der Waals surface area contributed by atoms with Crippen LogP contribution < -0.4 is 11.0 Å². The van der Waals surface area contributed by atoms with Crippen LogP contribution in [-0.2, 0) is 0 Å². The molecule has 0 saturated heterocycles. The van der Waals surface area contributed by atoms with Crippen LogP contribution in [-0.4, -0.2) is 36.4 Å². The lowest BCUT2D eigenvalue weighted by Gasteiger charge is -2.11. The lowest BCUT2D eigenvalue weighted by Crippen LogP contribution is -2.45. The van der Waals surface area contributed by atoms with Gasteiger partial charge in [-0.05, 0) is 6.54 Å². The molecule has 0 spiro atoms. The zero-order valence-corrected chi connectivity index (χ0v) is 5.54. The van der Waals surface area contributed by atoms with Gasteiger partial charge in [-0.2, -0.15) is 0 Å². The summed E-state index contributed by atoms with van der Waals surface area (Å²) in [4.78, 5) is 0. The first-order valence-corrected chi connectivity index (χ1v) is 3.01. The molecule has 0 aromatic heterocycles. The number of aliphatic hydroxyl groups is 2. The van der Waals surface area contributed by atoms with Gasteiger partial charge in [0.05, 0.1) is 0 Å². The molecule has 0 rings (SSSR count). The van der Waals surface area contributed by atoms with Crippen molar-refractivity contribution in [3.63, 3.8) is 0 Å². The molecule has 5 heteroatoms. The minimum atomic E-state index is -1.41. The van der Waals surface area contributed by atoms with Gasteiger partial charge in [0.25, 0.3) is 0 Å². The van der Waals surface area contributed by atoms with E-state index in [2.05, 4.69) is 5.23 Å². The highest BCUT2D eigenvalue weighted by molar-refractivity contribution is 6.34. The Morgan fingerprint density at radius 2 is 2.22 bits per heavy atom. The van der Waals surface area contributed by atoms with Crippen molar-refractivity contribution in [1.29, 1.82) is 0 Å². The second-order valence-electron chi connectivity index (χ2n) is 1.89. The normalized spacial score (nSPS) is 13.9. The van der Waals surface area contributed by atoms with Crippen molar-refractivity contribution in [2.45, 2.75) is 19.2 Å². The van der Waals surface area contributed by atoms with Crippen molar-refractivity contribution in [3.05, 3.63) is 0 Å². The summed E-state index contributed by atoms with van der Waals surface area (Å²) in [5.74, 6) is -0.579. The molecule has 0 aliphatic rings. The molecule has 1 atom stereocenters. The average molecular weight is 132 g/mol. The maximum atomic E-state index is 8.44. The molecule has 9 heavy (non-hydrogen) atoms. The van der Waals surface area contributed by atoms with Gasteiger partial charge < -0.3 is 21.2 Å². The first-order chi connectivity index (χ1) is 4.18. The molecule has 1 unspecified atom stereocenters. The number of hydrogen-bond donors (Lipinski definition) is 4. The van der Waals surface area contributed by atoms with Gasteiger partial charge >= 0.3 is 0 Å². The highest BCUT2D eigenvalue weighted by atomic mass is 16.5. The fourth-order valence-corrected chi connectivity index (χ4v) is 0.416. The average Bonchev–Trinajstić information content (AvgIpc) is 1.82. The van der Waals surface area contributed by atoms with E-state index in [1.807, 2.05) is 6.92 Å². The van der Waals surface area contributed by atoms with Crippen molar-refractivity contribution in [1.82, 2.24) is 5.23 Å². The monoisotopic (exact) mass is 132 g/mol. The van der Waals surface area contributed by atoms with Crippen LogP contribution in [0.4, 0.5) is 0 Å². The molecular weight excluding hydrogens is 119 g/mol. The highest BCUT2D eigenvalue weighted by Gasteiger charge is 2.10. The predicted octanol–water partition coefficient (Wildman–Crippen LogP) is -2.46. The first-order valence-electron chi connectivity index (χ1n) is 3.01. The van der Waals surface area contributed by atoms with Crippen molar-refractivity contribution >= 4 is 7.41 Å². The Bertz CT molecular complexity index is 71.6. The maximum Gasteiger partial charge on any atom is 0.225 e. The van der Waals surface area contributed by atoms with Gasteiger partial charge in [0.1, 0.15) is 0 Å². The van der Waals surface area contributed by atoms with Crippen molar-refractivity contribution in [2.75, 3.05) is 6.54 Å². The van der Waals surface area contributed by atoms with Gasteiger partial charge in [0.15, 0.2) is 6.29 Å². The Kier molecular flexibility index (Phi) is 4.70. The minimum absolute atomic E-state index is 0.439. The zero-order valence-electron chi connectivity index (χ0n) is 5.54. The molecule has 0 amide bonds. The van der Waals surface area contributed by atoms with Crippen LogP contribution in [0, 0.1) is 0 Å². The van der Waals surface area contributed by atoms with Gasteiger partial charge in [-0.1, -0.05) is 6.92 Å². The van der Waals surface area contributed by atoms with E-state index in [1.54, 1.807) is 0 Å². The SMILES string of the molecule is CCNBC(N)C(O)O. The fraction of sp³-hybridized carbons (Fsp3) is 1.00. The fourth-order valence-electron chi connectivity index (χ4n) is 0.416. The summed E-state index contributed by atoms with van der Waals surface area (Å²) in [6.07, 6.45) is -1.41. The molecule has 0 aromatic rings. The number of aliphatic hydroxyl groups excluding tert-OH is 1. The van der Waals surface area contributed by atoms with E-state index in [0.29, 0.717) is 7.41 Å². The number of nitrogens with one attached hydrogen (secondary N) is 1. The van der Waals surface area contributed by atoms with Crippen molar-refractivity contribution in [2.24, 2.45) is 5.73 Å². The maximum absolute atomic E-state index is 8.44. The van der Waals surface area contributed by atoms with Crippen LogP contribution in [0.15, 0.2) is 0 Å². The molecule has 0 fully saturated rings. The van der Waals surface area contributed by atoms with Crippen LogP contribution in [0.25, 0.3) is 0 Å². The third-order valence-electron chi connectivity index (χ3n) is 1.01. The van der Waals surface area contributed by atoms with Crippen molar-refractivity contribution in [3.8, 4) is 0 Å². The molecule has 5 N–H and O–H groups in total. The Balaban J connectivity index is 3.16. The Labute approximate surface area is 55.3 Å². The molecule has 0 aliphatic heterocycles. The van der Waals surface area contributed by atoms with E-state index in [4.69, 9.17) is 15.9 Å². The summed E-state index contributed by atoms with van der Waals surface area (Å²) in [6.45, 7) is 2.72. The molecule has 0 aromatic carbocycles. The van der Waals surface area contributed by atoms with Crippen LogP contribution in [0.5, 0.6) is 0 Å². The van der Waals surface area contributed by atoms with Gasteiger partial charge in [-0.25, -0.2) is 0 Å². The largest absolute Gasteiger partial charge is 0.367 e. The quantitative estimate of drug-likeness (QED) is 0.253. The third-order valence-corrected chi connectivity index (χ3v) is 1.01. The van der Waals surface area contributed by atoms with Gasteiger partial charge in [-0.3, -0.25) is 0 Å². The molecular formula is C4H13BN2O2. The molecule has 0 aliphatic carbocycles. The van der Waals surface area contributed by atoms with E-state index < -0.39 is 12.2 Å². The van der Waals surface area contributed by atoms with Gasteiger partial charge in [-0.15, -0.1) is 0 Å². The standard InChI is InChI=1S/C4H13BN2O2/c1-2-7-5-3(6)4(8)9/h3-5,7-9H,2,6H2,1H3. The number of nitrogens with two attached hydrogens (primary N) is 1. The lowest BCUT2D eigenvalue weighted by atomic mass is 9.83. The number of hydrogen-bond acceptors (Lipinski definition) is 4. The summed E-state index contributed by atoms with van der Waals surface area (Å²) in [5, 5.41) is 19.8. The number of rotatable bonds is 4. The minimum Gasteiger partial charge on any atom is -0.367 e. The van der Waals surface area contributed by atoms with Crippen LogP contribution in [0.1, 0.15) is 6.92 Å². The molecule has 0 radical (unpaired) electrons. The highest BCUT2D eigenvalue weighted by Crippen LogP contribution is 1.78. The Morgan fingerprint density at radius 3 is 2.56 bits per heavy atom. The van der Waals surface area contributed by atoms with Crippen molar-refractivity contribution < 1.29 is 10.2 Å². The predicted molar refractivity (Wildman–Crippen MR) is 37.0 cm³/mol.